The molecule has 1 fully saturated rings. The number of nitrogens with zero attached hydrogens (tertiary/aromatic N) is 1. The van der Waals surface area contributed by atoms with Gasteiger partial charge in [-0.25, -0.2) is 4.98 Å². The van der Waals surface area contributed by atoms with Gasteiger partial charge in [-0.3, -0.25) is 9.59 Å². The summed E-state index contributed by atoms with van der Waals surface area (Å²) in [6, 6.07) is -0.184. The predicted molar refractivity (Wildman–Crippen MR) is 83.6 cm³/mol. The van der Waals surface area contributed by atoms with Crippen molar-refractivity contribution in [3.63, 3.8) is 0 Å². The van der Waals surface area contributed by atoms with E-state index in [0.717, 1.165) is 10.7 Å². The van der Waals surface area contributed by atoms with Crippen LogP contribution in [-0.4, -0.2) is 22.0 Å². The van der Waals surface area contributed by atoms with E-state index >= 15 is 0 Å². The van der Waals surface area contributed by atoms with Crippen LogP contribution in [-0.2, 0) is 9.59 Å². The Morgan fingerprint density at radius 2 is 2.00 bits per heavy atom. The second-order valence-corrected chi connectivity index (χ2v) is 7.00. The Bertz CT molecular complexity index is 606. The Morgan fingerprint density at radius 1 is 1.32 bits per heavy atom. The molecule has 3 rings (SSSR count). The minimum absolute atomic E-state index is 0.184. The molecule has 0 aliphatic heterocycles. The van der Waals surface area contributed by atoms with Gasteiger partial charge in [0.05, 0.1) is 28.6 Å². The van der Waals surface area contributed by atoms with Gasteiger partial charge in [-0.05, 0) is 32.6 Å². The van der Waals surface area contributed by atoms with Crippen LogP contribution in [0.2, 0.25) is 0 Å². The van der Waals surface area contributed by atoms with Crippen molar-refractivity contribution in [1.29, 1.82) is 0 Å². The third kappa shape index (κ3) is 3.21. The molecule has 1 aromatic heterocycles. The number of nitrogens with one attached hydrogen (secondary N) is 1. The zero-order valence-electron chi connectivity index (χ0n) is 12.5. The van der Waals surface area contributed by atoms with Gasteiger partial charge < -0.3 is 10.4 Å². The lowest BCUT2D eigenvalue weighted by Gasteiger charge is -2.25. The smallest absolute Gasteiger partial charge is 0.307 e. The van der Waals surface area contributed by atoms with Crippen molar-refractivity contribution < 1.29 is 14.7 Å². The van der Waals surface area contributed by atoms with Crippen molar-refractivity contribution in [3.05, 3.63) is 28.2 Å². The molecule has 0 spiro atoms. The molecule has 0 saturated heterocycles. The summed E-state index contributed by atoms with van der Waals surface area (Å²) in [5.74, 6) is -1.60. The fourth-order valence-corrected chi connectivity index (χ4v) is 3.87. The van der Waals surface area contributed by atoms with Crippen LogP contribution in [0.1, 0.15) is 55.3 Å². The van der Waals surface area contributed by atoms with Crippen molar-refractivity contribution >= 4 is 23.2 Å². The SMILES string of the molecule is C[C@@H](NC(=O)[C@@H]1CC=CC[C@@H]1C(=O)O)c1csc(C2CC2)n1. The molecule has 2 N–H and O–H groups in total. The van der Waals surface area contributed by atoms with E-state index in [9.17, 15) is 14.7 Å². The summed E-state index contributed by atoms with van der Waals surface area (Å²) in [5.41, 5.74) is 0.874. The van der Waals surface area contributed by atoms with E-state index in [1.807, 2.05) is 24.5 Å². The number of hydrogen-bond acceptors (Lipinski definition) is 4. The molecule has 0 aromatic carbocycles. The molecule has 118 valence electrons. The number of carboxylic acids is 1. The Kier molecular flexibility index (Phi) is 4.29. The number of amides is 1. The van der Waals surface area contributed by atoms with Crippen molar-refractivity contribution in [2.75, 3.05) is 0 Å². The van der Waals surface area contributed by atoms with E-state index in [1.54, 1.807) is 11.3 Å². The normalized spacial score (nSPS) is 25.7. The summed E-state index contributed by atoms with van der Waals surface area (Å²) < 4.78 is 0. The number of carbonyl (C=O) groups is 2. The molecule has 0 unspecified atom stereocenters. The molecule has 0 bridgehead atoms. The lowest BCUT2D eigenvalue weighted by Crippen LogP contribution is -2.39. The van der Waals surface area contributed by atoms with E-state index in [2.05, 4.69) is 10.3 Å². The van der Waals surface area contributed by atoms with Gasteiger partial charge in [-0.1, -0.05) is 12.2 Å². The summed E-state index contributed by atoms with van der Waals surface area (Å²) in [7, 11) is 0. The second-order valence-electron chi connectivity index (χ2n) is 6.11. The van der Waals surface area contributed by atoms with Crippen LogP contribution in [0.25, 0.3) is 0 Å². The van der Waals surface area contributed by atoms with Crippen LogP contribution >= 0.6 is 11.3 Å². The highest BCUT2D eigenvalue weighted by Crippen LogP contribution is 2.41. The van der Waals surface area contributed by atoms with Crippen LogP contribution in [0.4, 0.5) is 0 Å². The Balaban J connectivity index is 1.64. The summed E-state index contributed by atoms with van der Waals surface area (Å²) in [6.07, 6.45) is 7.06. The number of thiazole rings is 1. The fraction of sp³-hybridized carbons (Fsp3) is 0.562. The second kappa shape index (κ2) is 6.20. The first-order valence-corrected chi connectivity index (χ1v) is 8.57. The number of hydrogen-bond donors (Lipinski definition) is 2. The maximum absolute atomic E-state index is 12.4. The Labute approximate surface area is 133 Å². The molecule has 3 atom stereocenters. The van der Waals surface area contributed by atoms with Crippen LogP contribution in [0, 0.1) is 11.8 Å². The molecule has 1 amide bonds. The first-order chi connectivity index (χ1) is 10.6. The van der Waals surface area contributed by atoms with Crippen molar-refractivity contribution in [2.24, 2.45) is 11.8 Å². The van der Waals surface area contributed by atoms with E-state index < -0.39 is 17.8 Å². The molecule has 6 heteroatoms. The first-order valence-electron chi connectivity index (χ1n) is 7.69. The number of rotatable bonds is 5. The Morgan fingerprint density at radius 3 is 2.64 bits per heavy atom. The fourth-order valence-electron chi connectivity index (χ4n) is 2.79. The van der Waals surface area contributed by atoms with Crippen LogP contribution in [0.3, 0.4) is 0 Å². The molecule has 1 heterocycles. The monoisotopic (exact) mass is 320 g/mol. The zero-order valence-corrected chi connectivity index (χ0v) is 13.3. The first kappa shape index (κ1) is 15.2. The molecular weight excluding hydrogens is 300 g/mol. The van der Waals surface area contributed by atoms with E-state index in [4.69, 9.17) is 0 Å². The number of carbonyl (C=O) groups excluding carboxylic acids is 1. The van der Waals surface area contributed by atoms with E-state index in [0.29, 0.717) is 18.8 Å². The lowest BCUT2D eigenvalue weighted by atomic mass is 9.82. The topological polar surface area (TPSA) is 79.3 Å². The number of allylic oxidation sites excluding steroid dienone is 2. The lowest BCUT2D eigenvalue weighted by molar-refractivity contribution is -0.147. The summed E-state index contributed by atoms with van der Waals surface area (Å²) >= 11 is 1.65. The van der Waals surface area contributed by atoms with Gasteiger partial charge in [0.25, 0.3) is 0 Å². The van der Waals surface area contributed by atoms with Crippen molar-refractivity contribution in [2.45, 2.75) is 44.6 Å². The quantitative estimate of drug-likeness (QED) is 0.818. The van der Waals surface area contributed by atoms with E-state index in [1.165, 1.54) is 12.8 Å². The van der Waals surface area contributed by atoms with Gasteiger partial charge in [0.1, 0.15) is 0 Å². The van der Waals surface area contributed by atoms with Gasteiger partial charge in [0.15, 0.2) is 0 Å². The third-order valence-corrected chi connectivity index (χ3v) is 5.38. The largest absolute Gasteiger partial charge is 0.481 e. The van der Waals surface area contributed by atoms with Crippen LogP contribution < -0.4 is 5.32 Å². The number of aliphatic carboxylic acids is 1. The van der Waals surface area contributed by atoms with Gasteiger partial charge in [0.2, 0.25) is 5.91 Å². The minimum atomic E-state index is -0.901. The molecule has 1 saturated carbocycles. The van der Waals surface area contributed by atoms with Gasteiger partial charge >= 0.3 is 5.97 Å². The van der Waals surface area contributed by atoms with Crippen molar-refractivity contribution in [3.8, 4) is 0 Å². The summed E-state index contributed by atoms with van der Waals surface area (Å²) in [5, 5.41) is 15.3. The molecule has 5 nitrogen and oxygen atoms in total. The minimum Gasteiger partial charge on any atom is -0.481 e. The molecule has 0 radical (unpaired) electrons. The molecule has 1 aromatic rings. The van der Waals surface area contributed by atoms with Crippen molar-refractivity contribution in [1.82, 2.24) is 10.3 Å². The van der Waals surface area contributed by atoms with E-state index in [-0.39, 0.29) is 11.9 Å². The third-order valence-electron chi connectivity index (χ3n) is 4.36. The maximum Gasteiger partial charge on any atom is 0.307 e. The highest BCUT2D eigenvalue weighted by molar-refractivity contribution is 7.09. The highest BCUT2D eigenvalue weighted by Gasteiger charge is 2.35. The van der Waals surface area contributed by atoms with Gasteiger partial charge in [-0.2, -0.15) is 0 Å². The van der Waals surface area contributed by atoms with Crippen LogP contribution in [0.5, 0.6) is 0 Å². The predicted octanol–water partition coefficient (Wildman–Crippen LogP) is 2.86. The number of aromatic nitrogens is 1. The summed E-state index contributed by atoms with van der Waals surface area (Å²) in [6.45, 7) is 1.90. The highest BCUT2D eigenvalue weighted by atomic mass is 32.1. The van der Waals surface area contributed by atoms with Crippen LogP contribution in [0.15, 0.2) is 17.5 Å². The molecule has 22 heavy (non-hydrogen) atoms. The molecule has 2 aliphatic carbocycles. The molecular formula is C16H20N2O3S. The zero-order chi connectivity index (χ0) is 15.7. The Hall–Kier alpha value is -1.69. The average molecular weight is 320 g/mol. The number of carboxylic acid groups (broad SMARTS) is 1. The van der Waals surface area contributed by atoms with Gasteiger partial charge in [-0.15, -0.1) is 11.3 Å². The molecule has 2 aliphatic rings. The average Bonchev–Trinajstić information content (AvgIpc) is 3.24. The van der Waals surface area contributed by atoms with Gasteiger partial charge in [0, 0.05) is 11.3 Å². The standard InChI is InChI=1S/C16H20N2O3S/c1-9(13-8-22-15(18-13)10-6-7-10)17-14(19)11-4-2-3-5-12(11)16(20)21/h2-3,8-12H,4-7H2,1H3,(H,17,19)(H,20,21)/t9-,11-,12+/m1/s1. The summed E-state index contributed by atoms with van der Waals surface area (Å²) in [4.78, 5) is 28.3. The maximum atomic E-state index is 12.4.